The van der Waals surface area contributed by atoms with Crippen LogP contribution in [0, 0.1) is 0 Å². The molecule has 0 atom stereocenters. The Bertz CT molecular complexity index is 1110. The second-order valence-electron chi connectivity index (χ2n) is 5.61. The highest BCUT2D eigenvalue weighted by Gasteiger charge is 2.17. The second-order valence-corrected chi connectivity index (χ2v) is 9.30. The van der Waals surface area contributed by atoms with Crippen LogP contribution in [-0.4, -0.2) is 25.6 Å². The van der Waals surface area contributed by atoms with Crippen molar-refractivity contribution < 1.29 is 17.9 Å². The van der Waals surface area contributed by atoms with Crippen molar-refractivity contribution in [2.45, 2.75) is 11.5 Å². The molecular formula is C18H13Cl2NO4S2. The fourth-order valence-corrected chi connectivity index (χ4v) is 4.21. The Labute approximate surface area is 170 Å². The number of hydrogen-bond acceptors (Lipinski definition) is 6. The van der Waals surface area contributed by atoms with Crippen molar-refractivity contribution in [1.82, 2.24) is 4.98 Å². The molecule has 0 saturated heterocycles. The molecule has 3 rings (SSSR count). The van der Waals surface area contributed by atoms with Gasteiger partial charge in [0.05, 0.1) is 26.2 Å². The summed E-state index contributed by atoms with van der Waals surface area (Å²) >= 11 is 13.5. The maximum Gasteiger partial charge on any atom is 0.340 e. The number of benzene rings is 2. The summed E-state index contributed by atoms with van der Waals surface area (Å²) in [5.41, 5.74) is 1.34. The second kappa shape index (κ2) is 7.98. The molecule has 0 fully saturated rings. The average molecular weight is 442 g/mol. The van der Waals surface area contributed by atoms with Gasteiger partial charge in [-0.1, -0.05) is 41.4 Å². The van der Waals surface area contributed by atoms with Crippen molar-refractivity contribution in [2.24, 2.45) is 0 Å². The largest absolute Gasteiger partial charge is 0.456 e. The third-order valence-electron chi connectivity index (χ3n) is 3.59. The topological polar surface area (TPSA) is 73.3 Å². The van der Waals surface area contributed by atoms with Gasteiger partial charge in [-0.05, 0) is 24.3 Å². The molecule has 140 valence electrons. The molecule has 0 bridgehead atoms. The van der Waals surface area contributed by atoms with Crippen molar-refractivity contribution in [1.29, 1.82) is 0 Å². The van der Waals surface area contributed by atoms with E-state index in [0.29, 0.717) is 15.7 Å². The van der Waals surface area contributed by atoms with Crippen molar-refractivity contribution in [2.75, 3.05) is 6.26 Å². The van der Waals surface area contributed by atoms with Gasteiger partial charge in [0.25, 0.3) is 0 Å². The van der Waals surface area contributed by atoms with Gasteiger partial charge >= 0.3 is 5.97 Å². The summed E-state index contributed by atoms with van der Waals surface area (Å²) in [5.74, 6) is -0.724. The van der Waals surface area contributed by atoms with Gasteiger partial charge in [0.2, 0.25) is 0 Å². The van der Waals surface area contributed by atoms with Gasteiger partial charge in [0.15, 0.2) is 9.84 Å². The van der Waals surface area contributed by atoms with Crippen LogP contribution < -0.4 is 0 Å². The van der Waals surface area contributed by atoms with E-state index in [0.717, 1.165) is 11.8 Å². The SMILES string of the molecule is CS(=O)(=O)c1ccc(Cl)c(C(=O)OCc2csc(-c3ccccc3Cl)n2)c1. The predicted octanol–water partition coefficient (Wildman–Crippen LogP) is 4.88. The summed E-state index contributed by atoms with van der Waals surface area (Å²) in [4.78, 5) is 16.7. The number of nitrogens with zero attached hydrogens (tertiary/aromatic N) is 1. The first-order valence-electron chi connectivity index (χ1n) is 7.62. The average Bonchev–Trinajstić information content (AvgIpc) is 3.08. The van der Waals surface area contributed by atoms with Crippen LogP contribution in [0.1, 0.15) is 16.1 Å². The number of sulfone groups is 1. The molecule has 1 aromatic heterocycles. The molecule has 0 N–H and O–H groups in total. The summed E-state index contributed by atoms with van der Waals surface area (Å²) in [6.07, 6.45) is 1.05. The minimum absolute atomic E-state index is 0.00601. The summed E-state index contributed by atoms with van der Waals surface area (Å²) in [6, 6.07) is 11.2. The van der Waals surface area contributed by atoms with E-state index in [4.69, 9.17) is 27.9 Å². The van der Waals surface area contributed by atoms with E-state index >= 15 is 0 Å². The van der Waals surface area contributed by atoms with E-state index in [1.165, 1.54) is 29.5 Å². The minimum Gasteiger partial charge on any atom is -0.456 e. The number of ether oxygens (including phenoxy) is 1. The molecule has 0 aliphatic heterocycles. The van der Waals surface area contributed by atoms with Crippen LogP contribution in [0.2, 0.25) is 10.0 Å². The molecule has 0 radical (unpaired) electrons. The monoisotopic (exact) mass is 441 g/mol. The minimum atomic E-state index is -3.46. The Balaban J connectivity index is 1.75. The zero-order chi connectivity index (χ0) is 19.6. The van der Waals surface area contributed by atoms with Crippen molar-refractivity contribution in [3.05, 3.63) is 69.1 Å². The zero-order valence-corrected chi connectivity index (χ0v) is 17.1. The lowest BCUT2D eigenvalue weighted by Gasteiger charge is -2.07. The first-order valence-corrected chi connectivity index (χ1v) is 11.1. The quantitative estimate of drug-likeness (QED) is 0.527. The number of aromatic nitrogens is 1. The molecule has 27 heavy (non-hydrogen) atoms. The molecule has 0 aliphatic rings. The van der Waals surface area contributed by atoms with Gasteiger partial charge in [-0.25, -0.2) is 18.2 Å². The maximum absolute atomic E-state index is 12.3. The number of halogens is 2. The zero-order valence-electron chi connectivity index (χ0n) is 14.0. The Morgan fingerprint density at radius 3 is 2.59 bits per heavy atom. The molecule has 2 aromatic carbocycles. The van der Waals surface area contributed by atoms with Crippen LogP contribution in [0.25, 0.3) is 10.6 Å². The summed E-state index contributed by atoms with van der Waals surface area (Å²) in [5, 5.41) is 3.17. The van der Waals surface area contributed by atoms with E-state index in [9.17, 15) is 13.2 Å². The van der Waals surface area contributed by atoms with Gasteiger partial charge in [0.1, 0.15) is 11.6 Å². The molecule has 9 heteroatoms. The highest BCUT2D eigenvalue weighted by molar-refractivity contribution is 7.90. The summed E-state index contributed by atoms with van der Waals surface area (Å²) in [6.45, 7) is -0.0702. The fourth-order valence-electron chi connectivity index (χ4n) is 2.24. The number of carbonyl (C=O) groups excluding carboxylic acids is 1. The van der Waals surface area contributed by atoms with Gasteiger partial charge < -0.3 is 4.74 Å². The molecule has 0 amide bonds. The maximum atomic E-state index is 12.3. The molecular weight excluding hydrogens is 429 g/mol. The van der Waals surface area contributed by atoms with Crippen LogP contribution >= 0.6 is 34.5 Å². The summed E-state index contributed by atoms with van der Waals surface area (Å²) < 4.78 is 28.5. The van der Waals surface area contributed by atoms with Crippen molar-refractivity contribution >= 4 is 50.3 Å². The van der Waals surface area contributed by atoms with Crippen LogP contribution in [0.15, 0.2) is 52.7 Å². The first-order chi connectivity index (χ1) is 12.8. The molecule has 3 aromatic rings. The Morgan fingerprint density at radius 2 is 1.89 bits per heavy atom. The van der Waals surface area contributed by atoms with Gasteiger partial charge in [-0.3, -0.25) is 0 Å². The molecule has 0 aliphatic carbocycles. The number of esters is 1. The number of hydrogen-bond donors (Lipinski definition) is 0. The first kappa shape index (κ1) is 19.8. The van der Waals surface area contributed by atoms with E-state index in [1.807, 2.05) is 18.2 Å². The molecule has 0 unspecified atom stereocenters. The third kappa shape index (κ3) is 4.68. The lowest BCUT2D eigenvalue weighted by Crippen LogP contribution is -2.08. The Kier molecular flexibility index (Phi) is 5.86. The van der Waals surface area contributed by atoms with Gasteiger partial charge in [-0.15, -0.1) is 11.3 Å². The molecule has 5 nitrogen and oxygen atoms in total. The van der Waals surface area contributed by atoms with E-state index < -0.39 is 15.8 Å². The van der Waals surface area contributed by atoms with Crippen LogP contribution in [0.4, 0.5) is 0 Å². The highest BCUT2D eigenvalue weighted by Crippen LogP contribution is 2.30. The van der Waals surface area contributed by atoms with Crippen molar-refractivity contribution in [3.63, 3.8) is 0 Å². The van der Waals surface area contributed by atoms with Crippen LogP contribution in [-0.2, 0) is 21.2 Å². The van der Waals surface area contributed by atoms with Crippen LogP contribution in [0.3, 0.4) is 0 Å². The third-order valence-corrected chi connectivity index (χ3v) is 6.29. The van der Waals surface area contributed by atoms with Crippen molar-refractivity contribution in [3.8, 4) is 10.6 Å². The lowest BCUT2D eigenvalue weighted by atomic mass is 10.2. The number of rotatable bonds is 5. The normalized spacial score (nSPS) is 11.4. The highest BCUT2D eigenvalue weighted by atomic mass is 35.5. The summed E-state index contributed by atoms with van der Waals surface area (Å²) in [7, 11) is -3.46. The molecule has 1 heterocycles. The Hall–Kier alpha value is -1.93. The standard InChI is InChI=1S/C18H13Cl2NO4S2/c1-27(23,24)12-6-7-16(20)14(8-12)18(22)25-9-11-10-26-17(21-11)13-4-2-3-5-15(13)19/h2-8,10H,9H2,1H3. The van der Waals surface area contributed by atoms with E-state index in [-0.39, 0.29) is 22.1 Å². The smallest absolute Gasteiger partial charge is 0.340 e. The lowest BCUT2D eigenvalue weighted by molar-refractivity contribution is 0.0468. The molecule has 0 spiro atoms. The Morgan fingerprint density at radius 1 is 1.15 bits per heavy atom. The number of carbonyl (C=O) groups is 1. The fraction of sp³-hybridized carbons (Fsp3) is 0.111. The van der Waals surface area contributed by atoms with E-state index in [1.54, 1.807) is 11.4 Å². The van der Waals surface area contributed by atoms with Gasteiger partial charge in [0, 0.05) is 17.2 Å². The van der Waals surface area contributed by atoms with E-state index in [2.05, 4.69) is 4.98 Å². The number of thiazole rings is 1. The molecule has 0 saturated carbocycles. The van der Waals surface area contributed by atoms with Crippen LogP contribution in [0.5, 0.6) is 0 Å². The predicted molar refractivity (Wildman–Crippen MR) is 106 cm³/mol. The van der Waals surface area contributed by atoms with Gasteiger partial charge in [-0.2, -0.15) is 0 Å².